The number of hydrogen-bond acceptors (Lipinski definition) is 4. The number of benzene rings is 3. The Balaban J connectivity index is 1.64. The lowest BCUT2D eigenvalue weighted by molar-refractivity contribution is 0.102. The highest BCUT2D eigenvalue weighted by Crippen LogP contribution is 2.22. The van der Waals surface area contributed by atoms with E-state index in [-0.39, 0.29) is 17.1 Å². The van der Waals surface area contributed by atoms with E-state index in [0.29, 0.717) is 10.6 Å². The van der Waals surface area contributed by atoms with Crippen molar-refractivity contribution < 1.29 is 4.79 Å². The van der Waals surface area contributed by atoms with Gasteiger partial charge in [0, 0.05) is 23.3 Å². The first-order chi connectivity index (χ1) is 14.0. The summed E-state index contributed by atoms with van der Waals surface area (Å²) in [5.41, 5.74) is 3.26. The van der Waals surface area contributed by atoms with Crippen LogP contribution in [0.4, 0.5) is 0 Å². The van der Waals surface area contributed by atoms with Gasteiger partial charge < -0.3 is 0 Å². The van der Waals surface area contributed by atoms with E-state index in [1.807, 2.05) is 74.5 Å². The molecule has 0 aliphatic carbocycles. The molecule has 1 heterocycles. The Morgan fingerprint density at radius 3 is 2.69 bits per heavy atom. The molecule has 0 N–H and O–H groups in total. The van der Waals surface area contributed by atoms with Gasteiger partial charge in [0.25, 0.3) is 5.56 Å². The normalized spacial score (nSPS) is 11.0. The van der Waals surface area contributed by atoms with Crippen LogP contribution in [0.3, 0.4) is 0 Å². The number of aromatic nitrogens is 2. The lowest BCUT2D eigenvalue weighted by atomic mass is 10.0. The number of Topliss-reactive ketones (excluding diaryl/α,β-unsaturated/α-hetero) is 1. The minimum absolute atomic E-state index is 0.00189. The van der Waals surface area contributed by atoms with E-state index < -0.39 is 0 Å². The number of aryl methyl sites for hydroxylation is 2. The smallest absolute Gasteiger partial charge is 0.287 e. The van der Waals surface area contributed by atoms with Gasteiger partial charge in [0.05, 0.1) is 11.4 Å². The van der Waals surface area contributed by atoms with Crippen molar-refractivity contribution in [2.75, 3.05) is 5.75 Å². The summed E-state index contributed by atoms with van der Waals surface area (Å²) in [6.45, 7) is 3.89. The third-order valence-corrected chi connectivity index (χ3v) is 5.83. The van der Waals surface area contributed by atoms with E-state index in [4.69, 9.17) is 0 Å². The molecule has 144 valence electrons. The average molecular weight is 401 g/mol. The van der Waals surface area contributed by atoms with Crippen LogP contribution >= 0.6 is 11.8 Å². The molecule has 4 aromatic rings. The maximum absolute atomic E-state index is 13.1. The van der Waals surface area contributed by atoms with Crippen LogP contribution in [0.15, 0.2) is 82.9 Å². The molecule has 0 spiro atoms. The van der Waals surface area contributed by atoms with Gasteiger partial charge in [-0.1, -0.05) is 65.9 Å². The number of fused-ring (bicyclic) bond motifs is 1. The second-order valence-corrected chi connectivity index (χ2v) is 7.90. The molecule has 0 radical (unpaired) electrons. The molecule has 0 bridgehead atoms. The third kappa shape index (κ3) is 3.87. The molecule has 0 unspecified atom stereocenters. The Hall–Kier alpha value is -3.18. The van der Waals surface area contributed by atoms with E-state index >= 15 is 0 Å². The summed E-state index contributed by atoms with van der Waals surface area (Å²) in [6, 6.07) is 19.6. The zero-order valence-corrected chi connectivity index (χ0v) is 17.1. The van der Waals surface area contributed by atoms with Gasteiger partial charge in [0.2, 0.25) is 0 Å². The number of carbonyl (C=O) groups excluding carboxylic acids is 1. The zero-order chi connectivity index (χ0) is 20.4. The van der Waals surface area contributed by atoms with Crippen LogP contribution in [0.5, 0.6) is 0 Å². The van der Waals surface area contributed by atoms with E-state index in [2.05, 4.69) is 4.98 Å². The van der Waals surface area contributed by atoms with Crippen molar-refractivity contribution in [1.29, 1.82) is 0 Å². The van der Waals surface area contributed by atoms with Crippen molar-refractivity contribution in [3.63, 3.8) is 0 Å². The van der Waals surface area contributed by atoms with Gasteiger partial charge in [-0.3, -0.25) is 14.2 Å². The zero-order valence-electron chi connectivity index (χ0n) is 16.3. The second kappa shape index (κ2) is 8.05. The van der Waals surface area contributed by atoms with Crippen LogP contribution in [0.1, 0.15) is 21.5 Å². The second-order valence-electron chi connectivity index (χ2n) is 6.94. The van der Waals surface area contributed by atoms with Gasteiger partial charge in [-0.05, 0) is 36.9 Å². The Bertz CT molecular complexity index is 1270. The number of rotatable bonds is 5. The SMILES string of the molecule is Cc1ccc(C)c(C(=O)CSc2nccn(-c3cccc4ccccc34)c2=O)c1. The van der Waals surface area contributed by atoms with Crippen molar-refractivity contribution in [2.24, 2.45) is 0 Å². The molecule has 4 rings (SSSR count). The average Bonchev–Trinajstić information content (AvgIpc) is 2.74. The van der Waals surface area contributed by atoms with Crippen LogP contribution in [-0.4, -0.2) is 21.1 Å². The number of ketones is 1. The van der Waals surface area contributed by atoms with E-state index in [1.165, 1.54) is 11.8 Å². The summed E-state index contributed by atoms with van der Waals surface area (Å²) in [6.07, 6.45) is 3.27. The summed E-state index contributed by atoms with van der Waals surface area (Å²) in [4.78, 5) is 30.0. The minimum atomic E-state index is -0.220. The molecule has 0 saturated carbocycles. The van der Waals surface area contributed by atoms with Crippen molar-refractivity contribution in [1.82, 2.24) is 9.55 Å². The number of hydrogen-bond donors (Lipinski definition) is 0. The number of thioether (sulfide) groups is 1. The quantitative estimate of drug-likeness (QED) is 0.350. The van der Waals surface area contributed by atoms with Gasteiger partial charge in [0.1, 0.15) is 0 Å². The topological polar surface area (TPSA) is 52.0 Å². The van der Waals surface area contributed by atoms with Crippen LogP contribution in [0, 0.1) is 13.8 Å². The summed E-state index contributed by atoms with van der Waals surface area (Å²) in [5.74, 6) is 0.171. The highest BCUT2D eigenvalue weighted by molar-refractivity contribution is 7.99. The summed E-state index contributed by atoms with van der Waals surface area (Å²) in [7, 11) is 0. The molecule has 3 aromatic carbocycles. The van der Waals surface area contributed by atoms with E-state index in [1.54, 1.807) is 17.0 Å². The highest BCUT2D eigenvalue weighted by Gasteiger charge is 2.14. The fourth-order valence-electron chi connectivity index (χ4n) is 3.35. The molecule has 29 heavy (non-hydrogen) atoms. The van der Waals surface area contributed by atoms with Gasteiger partial charge >= 0.3 is 0 Å². The van der Waals surface area contributed by atoms with Crippen molar-refractivity contribution >= 4 is 28.3 Å². The minimum Gasteiger partial charge on any atom is -0.293 e. The standard InChI is InChI=1S/C24H20N2O2S/c1-16-10-11-17(2)20(14-16)22(27)15-29-23-24(28)26(13-12-25-23)21-9-5-7-18-6-3-4-8-19(18)21/h3-14H,15H2,1-2H3. The lowest BCUT2D eigenvalue weighted by Gasteiger charge is -2.10. The number of nitrogens with zero attached hydrogens (tertiary/aromatic N) is 2. The molecule has 0 fully saturated rings. The Morgan fingerprint density at radius 2 is 1.83 bits per heavy atom. The van der Waals surface area contributed by atoms with Crippen molar-refractivity contribution in [3.05, 3.63) is 100 Å². The summed E-state index contributed by atoms with van der Waals surface area (Å²) >= 11 is 1.18. The monoisotopic (exact) mass is 400 g/mol. The van der Waals surface area contributed by atoms with E-state index in [9.17, 15) is 9.59 Å². The molecule has 0 amide bonds. The predicted octanol–water partition coefficient (Wildman–Crippen LogP) is 4.98. The Kier molecular flexibility index (Phi) is 5.32. The van der Waals surface area contributed by atoms with Crippen LogP contribution in [0.2, 0.25) is 0 Å². The lowest BCUT2D eigenvalue weighted by Crippen LogP contribution is -2.21. The maximum Gasteiger partial charge on any atom is 0.287 e. The largest absolute Gasteiger partial charge is 0.293 e. The molecule has 0 atom stereocenters. The molecular formula is C24H20N2O2S. The van der Waals surface area contributed by atoms with Crippen LogP contribution in [-0.2, 0) is 0 Å². The predicted molar refractivity (Wildman–Crippen MR) is 118 cm³/mol. The maximum atomic E-state index is 13.1. The van der Waals surface area contributed by atoms with Gasteiger partial charge in [-0.15, -0.1) is 0 Å². The fourth-order valence-corrected chi connectivity index (χ4v) is 4.13. The first-order valence-electron chi connectivity index (χ1n) is 9.33. The first-order valence-corrected chi connectivity index (χ1v) is 10.3. The fraction of sp³-hybridized carbons (Fsp3) is 0.125. The summed E-state index contributed by atoms with van der Waals surface area (Å²) < 4.78 is 1.60. The van der Waals surface area contributed by atoms with Crippen LogP contribution < -0.4 is 5.56 Å². The molecule has 0 aliphatic rings. The van der Waals surface area contributed by atoms with Crippen molar-refractivity contribution in [2.45, 2.75) is 18.9 Å². The molecular weight excluding hydrogens is 380 g/mol. The van der Waals surface area contributed by atoms with Gasteiger partial charge in [0.15, 0.2) is 10.8 Å². The Labute approximate surface area is 173 Å². The first kappa shape index (κ1) is 19.2. The molecule has 5 heteroatoms. The Morgan fingerprint density at radius 1 is 1.03 bits per heavy atom. The van der Waals surface area contributed by atoms with Crippen molar-refractivity contribution in [3.8, 4) is 5.69 Å². The van der Waals surface area contributed by atoms with Crippen LogP contribution in [0.25, 0.3) is 16.5 Å². The molecule has 4 nitrogen and oxygen atoms in total. The highest BCUT2D eigenvalue weighted by atomic mass is 32.2. The third-order valence-electron chi connectivity index (χ3n) is 4.87. The molecule has 0 aliphatic heterocycles. The van der Waals surface area contributed by atoms with Gasteiger partial charge in [-0.2, -0.15) is 0 Å². The number of carbonyl (C=O) groups is 1. The van der Waals surface area contributed by atoms with Gasteiger partial charge in [-0.25, -0.2) is 4.98 Å². The summed E-state index contributed by atoms with van der Waals surface area (Å²) in [5, 5.41) is 2.37. The molecule has 0 saturated heterocycles. The molecule has 1 aromatic heterocycles. The van der Waals surface area contributed by atoms with E-state index in [0.717, 1.165) is 27.6 Å².